The zero-order valence-electron chi connectivity index (χ0n) is 14.4. The number of carbonyl (C=O) groups excluding carboxylic acids is 1. The van der Waals surface area contributed by atoms with Crippen LogP contribution < -0.4 is 5.32 Å². The van der Waals surface area contributed by atoms with Crippen LogP contribution in [0.25, 0.3) is 5.69 Å². The molecule has 1 aromatic carbocycles. The number of likely N-dealkylation sites (tertiary alicyclic amines) is 1. The van der Waals surface area contributed by atoms with E-state index in [1.807, 2.05) is 6.92 Å². The fourth-order valence-electron chi connectivity index (χ4n) is 3.10. The molecule has 1 aliphatic heterocycles. The summed E-state index contributed by atoms with van der Waals surface area (Å²) in [7, 11) is 0. The fourth-order valence-corrected chi connectivity index (χ4v) is 3.10. The van der Waals surface area contributed by atoms with Gasteiger partial charge in [0.25, 0.3) is 0 Å². The van der Waals surface area contributed by atoms with Gasteiger partial charge in [0.1, 0.15) is 5.69 Å². The number of aromatic nitrogens is 2. The van der Waals surface area contributed by atoms with Gasteiger partial charge in [0, 0.05) is 25.0 Å². The molecule has 2 aromatic rings. The second-order valence-corrected chi connectivity index (χ2v) is 6.62. The molecule has 0 bridgehead atoms. The number of piperidine rings is 1. The summed E-state index contributed by atoms with van der Waals surface area (Å²) in [5.41, 5.74) is 1.69. The van der Waals surface area contributed by atoms with E-state index < -0.39 is 5.82 Å². The van der Waals surface area contributed by atoms with Crippen LogP contribution in [0.3, 0.4) is 0 Å². The Morgan fingerprint density at radius 3 is 2.68 bits per heavy atom. The Hall–Kier alpha value is -2.41. The SMILES string of the molecule is Cc1cnn(-c2ccc(NC(=O)N3CCC(C(C)O)CC3)cc2F)c1. The lowest BCUT2D eigenvalue weighted by Crippen LogP contribution is -2.42. The highest BCUT2D eigenvalue weighted by molar-refractivity contribution is 5.89. The Balaban J connectivity index is 1.63. The first-order valence-corrected chi connectivity index (χ1v) is 8.49. The maximum atomic E-state index is 14.3. The van der Waals surface area contributed by atoms with E-state index in [1.54, 1.807) is 36.4 Å². The first kappa shape index (κ1) is 17.4. The van der Waals surface area contributed by atoms with E-state index in [1.165, 1.54) is 10.7 Å². The van der Waals surface area contributed by atoms with E-state index in [0.717, 1.165) is 18.4 Å². The number of hydrogen-bond donors (Lipinski definition) is 2. The molecule has 2 N–H and O–H groups in total. The summed E-state index contributed by atoms with van der Waals surface area (Å²) in [6.07, 6.45) is 4.60. The van der Waals surface area contributed by atoms with Crippen LogP contribution in [-0.4, -0.2) is 45.0 Å². The minimum Gasteiger partial charge on any atom is -0.393 e. The normalized spacial score (nSPS) is 16.7. The predicted octanol–water partition coefficient (Wildman–Crippen LogP) is 2.94. The van der Waals surface area contributed by atoms with E-state index in [0.29, 0.717) is 24.5 Å². The lowest BCUT2D eigenvalue weighted by Gasteiger charge is -2.33. The van der Waals surface area contributed by atoms with E-state index >= 15 is 0 Å². The minimum atomic E-state index is -0.450. The highest BCUT2D eigenvalue weighted by Gasteiger charge is 2.25. The number of rotatable bonds is 3. The number of halogens is 1. The van der Waals surface area contributed by atoms with E-state index in [9.17, 15) is 14.3 Å². The summed E-state index contributed by atoms with van der Waals surface area (Å²) >= 11 is 0. The summed E-state index contributed by atoms with van der Waals surface area (Å²) in [5, 5.41) is 16.4. The fraction of sp³-hybridized carbons (Fsp3) is 0.444. The molecule has 7 heteroatoms. The standard InChI is InChI=1S/C18H23FN4O2/c1-12-10-20-23(11-12)17-4-3-15(9-16(17)19)21-18(25)22-7-5-14(6-8-22)13(2)24/h3-4,9-11,13-14,24H,5-8H2,1-2H3,(H,21,25). The molecular formula is C18H23FN4O2. The minimum absolute atomic E-state index is 0.235. The second-order valence-electron chi connectivity index (χ2n) is 6.62. The Labute approximate surface area is 146 Å². The second kappa shape index (κ2) is 7.23. The molecular weight excluding hydrogens is 323 g/mol. The van der Waals surface area contributed by atoms with Crippen LogP contribution in [0.4, 0.5) is 14.9 Å². The number of hydrogen-bond acceptors (Lipinski definition) is 3. The quantitative estimate of drug-likeness (QED) is 0.898. The lowest BCUT2D eigenvalue weighted by molar-refractivity contribution is 0.0820. The monoisotopic (exact) mass is 346 g/mol. The highest BCUT2D eigenvalue weighted by atomic mass is 19.1. The number of aliphatic hydroxyl groups is 1. The zero-order chi connectivity index (χ0) is 18.0. The molecule has 134 valence electrons. The van der Waals surface area contributed by atoms with Gasteiger partial charge in [0.2, 0.25) is 0 Å². The third-order valence-corrected chi connectivity index (χ3v) is 4.67. The number of benzene rings is 1. The van der Waals surface area contributed by atoms with Gasteiger partial charge in [-0.05, 0) is 56.4 Å². The molecule has 1 saturated heterocycles. The van der Waals surface area contributed by atoms with Crippen LogP contribution in [0.2, 0.25) is 0 Å². The van der Waals surface area contributed by atoms with Crippen molar-refractivity contribution in [1.29, 1.82) is 0 Å². The van der Waals surface area contributed by atoms with Gasteiger partial charge in [0.15, 0.2) is 5.82 Å². The van der Waals surface area contributed by atoms with Crippen molar-refractivity contribution in [2.24, 2.45) is 5.92 Å². The molecule has 1 unspecified atom stereocenters. The maximum absolute atomic E-state index is 14.3. The summed E-state index contributed by atoms with van der Waals surface area (Å²) < 4.78 is 15.8. The third kappa shape index (κ3) is 3.99. The van der Waals surface area contributed by atoms with Crippen LogP contribution in [0, 0.1) is 18.7 Å². The van der Waals surface area contributed by atoms with Crippen molar-refractivity contribution in [3.8, 4) is 5.69 Å². The summed E-state index contributed by atoms with van der Waals surface area (Å²) in [5.74, 6) is -0.216. The lowest BCUT2D eigenvalue weighted by atomic mass is 9.92. The molecule has 0 aliphatic carbocycles. The van der Waals surface area contributed by atoms with Gasteiger partial charge < -0.3 is 15.3 Å². The first-order chi connectivity index (χ1) is 11.9. The maximum Gasteiger partial charge on any atom is 0.321 e. The van der Waals surface area contributed by atoms with E-state index in [2.05, 4.69) is 10.4 Å². The summed E-state index contributed by atoms with van der Waals surface area (Å²) in [6.45, 7) is 4.85. The van der Waals surface area contributed by atoms with Crippen molar-refractivity contribution >= 4 is 11.7 Å². The van der Waals surface area contributed by atoms with Crippen molar-refractivity contribution in [1.82, 2.24) is 14.7 Å². The largest absolute Gasteiger partial charge is 0.393 e. The number of aryl methyl sites for hydroxylation is 1. The van der Waals surface area contributed by atoms with E-state index in [4.69, 9.17) is 0 Å². The topological polar surface area (TPSA) is 70.4 Å². The molecule has 6 nitrogen and oxygen atoms in total. The van der Waals surface area contributed by atoms with Gasteiger partial charge in [-0.1, -0.05) is 0 Å². The van der Waals surface area contributed by atoms with Crippen molar-refractivity contribution in [3.05, 3.63) is 42.0 Å². The molecule has 3 rings (SSSR count). The van der Waals surface area contributed by atoms with Crippen LogP contribution >= 0.6 is 0 Å². The molecule has 1 atom stereocenters. The number of urea groups is 1. The Kier molecular flexibility index (Phi) is 5.03. The Morgan fingerprint density at radius 2 is 2.12 bits per heavy atom. The van der Waals surface area contributed by atoms with Crippen LogP contribution in [0.5, 0.6) is 0 Å². The smallest absolute Gasteiger partial charge is 0.321 e. The van der Waals surface area contributed by atoms with Crippen LogP contribution in [-0.2, 0) is 0 Å². The Bertz CT molecular complexity index is 751. The molecule has 1 fully saturated rings. The average Bonchev–Trinajstić information content (AvgIpc) is 3.01. The molecule has 2 amide bonds. The number of carbonyl (C=O) groups is 1. The van der Waals surface area contributed by atoms with Gasteiger partial charge in [-0.15, -0.1) is 0 Å². The number of nitrogens with one attached hydrogen (secondary N) is 1. The number of anilines is 1. The average molecular weight is 346 g/mol. The molecule has 1 aliphatic rings. The first-order valence-electron chi connectivity index (χ1n) is 8.49. The summed E-state index contributed by atoms with van der Waals surface area (Å²) in [4.78, 5) is 14.0. The number of amides is 2. The van der Waals surface area contributed by atoms with Crippen molar-refractivity contribution in [2.75, 3.05) is 18.4 Å². The van der Waals surface area contributed by atoms with Crippen LogP contribution in [0.1, 0.15) is 25.3 Å². The highest BCUT2D eigenvalue weighted by Crippen LogP contribution is 2.22. The van der Waals surface area contributed by atoms with Crippen molar-refractivity contribution in [2.45, 2.75) is 32.8 Å². The number of aliphatic hydroxyl groups excluding tert-OH is 1. The molecule has 1 aromatic heterocycles. The van der Waals surface area contributed by atoms with Crippen LogP contribution in [0.15, 0.2) is 30.6 Å². The molecule has 0 spiro atoms. The third-order valence-electron chi connectivity index (χ3n) is 4.67. The van der Waals surface area contributed by atoms with Gasteiger partial charge in [-0.3, -0.25) is 0 Å². The molecule has 25 heavy (non-hydrogen) atoms. The Morgan fingerprint density at radius 1 is 1.40 bits per heavy atom. The van der Waals surface area contributed by atoms with Crippen molar-refractivity contribution < 1.29 is 14.3 Å². The van der Waals surface area contributed by atoms with E-state index in [-0.39, 0.29) is 18.1 Å². The van der Waals surface area contributed by atoms with Gasteiger partial charge >= 0.3 is 6.03 Å². The predicted molar refractivity (Wildman–Crippen MR) is 93.3 cm³/mol. The van der Waals surface area contributed by atoms with Crippen molar-refractivity contribution in [3.63, 3.8) is 0 Å². The number of nitrogens with zero attached hydrogens (tertiary/aromatic N) is 3. The molecule has 0 radical (unpaired) electrons. The van der Waals surface area contributed by atoms with Gasteiger partial charge in [-0.25, -0.2) is 13.9 Å². The van der Waals surface area contributed by atoms with Gasteiger partial charge in [-0.2, -0.15) is 5.10 Å². The molecule has 0 saturated carbocycles. The zero-order valence-corrected chi connectivity index (χ0v) is 14.4. The summed E-state index contributed by atoms with van der Waals surface area (Å²) in [6, 6.07) is 4.31. The van der Waals surface area contributed by atoms with Gasteiger partial charge in [0.05, 0.1) is 12.3 Å². The molecule has 2 heterocycles.